The summed E-state index contributed by atoms with van der Waals surface area (Å²) in [6, 6.07) is 17.6. The van der Waals surface area contributed by atoms with Gasteiger partial charge >= 0.3 is 6.36 Å². The van der Waals surface area contributed by atoms with Crippen molar-refractivity contribution in [2.75, 3.05) is 6.54 Å². The van der Waals surface area contributed by atoms with Crippen molar-refractivity contribution in [3.63, 3.8) is 0 Å². The quantitative estimate of drug-likeness (QED) is 0.507. The number of alkyl halides is 3. The molecule has 4 rings (SSSR count). The summed E-state index contributed by atoms with van der Waals surface area (Å²) in [5, 5.41) is 0. The number of ether oxygens (including phenoxy) is 1. The average molecular weight is 408 g/mol. The third-order valence-corrected chi connectivity index (χ3v) is 4.74. The molecule has 0 fully saturated rings. The first-order chi connectivity index (χ1) is 14.5. The number of hydrogen-bond acceptors (Lipinski definition) is 3. The van der Waals surface area contributed by atoms with Gasteiger partial charge in [-0.2, -0.15) is 0 Å². The molecule has 1 aromatic heterocycles. The summed E-state index contributed by atoms with van der Waals surface area (Å²) in [6.45, 7) is 0.785. The normalized spacial score (nSPS) is 15.7. The zero-order chi connectivity index (χ0) is 21.0. The Morgan fingerprint density at radius 1 is 0.900 bits per heavy atom. The maximum atomic E-state index is 12.5. The second-order valence-corrected chi connectivity index (χ2v) is 6.95. The lowest BCUT2D eigenvalue weighted by molar-refractivity contribution is -0.274. The maximum Gasteiger partial charge on any atom is 0.573 e. The van der Waals surface area contributed by atoms with Gasteiger partial charge in [0.05, 0.1) is 5.71 Å². The van der Waals surface area contributed by atoms with Crippen LogP contribution in [0.4, 0.5) is 13.2 Å². The Bertz CT molecular complexity index is 1090. The number of nitrogens with zero attached hydrogens (tertiary/aromatic N) is 2. The molecule has 0 saturated heterocycles. The van der Waals surface area contributed by atoms with E-state index in [0.29, 0.717) is 5.56 Å². The lowest BCUT2D eigenvalue weighted by Gasteiger charge is -2.16. The first-order valence-corrected chi connectivity index (χ1v) is 9.60. The van der Waals surface area contributed by atoms with Crippen molar-refractivity contribution >= 4 is 11.8 Å². The van der Waals surface area contributed by atoms with Gasteiger partial charge in [-0.05, 0) is 71.5 Å². The predicted molar refractivity (Wildman–Crippen MR) is 111 cm³/mol. The summed E-state index contributed by atoms with van der Waals surface area (Å²) in [5.41, 5.74) is 5.48. The maximum absolute atomic E-state index is 12.5. The van der Waals surface area contributed by atoms with Crippen LogP contribution in [0.25, 0.3) is 17.2 Å². The molecular formula is C24H19F3N2O. The number of aliphatic imine (C=N–C) groups is 1. The first kappa shape index (κ1) is 19.9. The molecule has 0 bridgehead atoms. The Morgan fingerprint density at radius 2 is 1.67 bits per heavy atom. The lowest BCUT2D eigenvalue weighted by Crippen LogP contribution is -2.17. The molecule has 3 aromatic rings. The van der Waals surface area contributed by atoms with E-state index in [1.54, 1.807) is 24.5 Å². The van der Waals surface area contributed by atoms with Crippen LogP contribution in [0.2, 0.25) is 0 Å². The van der Waals surface area contributed by atoms with E-state index in [-0.39, 0.29) is 5.75 Å². The average Bonchev–Trinajstić information content (AvgIpc) is 2.74. The van der Waals surface area contributed by atoms with Gasteiger partial charge in [0.25, 0.3) is 0 Å². The Labute approximate surface area is 172 Å². The predicted octanol–water partition coefficient (Wildman–Crippen LogP) is 6.31. The van der Waals surface area contributed by atoms with Gasteiger partial charge in [0.15, 0.2) is 0 Å². The summed E-state index contributed by atoms with van der Waals surface area (Å²) >= 11 is 0. The van der Waals surface area contributed by atoms with E-state index in [0.717, 1.165) is 47.4 Å². The second-order valence-electron chi connectivity index (χ2n) is 6.95. The number of hydrogen-bond donors (Lipinski definition) is 0. The highest BCUT2D eigenvalue weighted by molar-refractivity contribution is 6.15. The fourth-order valence-corrected chi connectivity index (χ4v) is 3.48. The zero-order valence-corrected chi connectivity index (χ0v) is 16.1. The van der Waals surface area contributed by atoms with Crippen LogP contribution in [0, 0.1) is 0 Å². The van der Waals surface area contributed by atoms with E-state index >= 15 is 0 Å². The van der Waals surface area contributed by atoms with E-state index < -0.39 is 6.36 Å². The highest BCUT2D eigenvalue weighted by atomic mass is 19.4. The Morgan fingerprint density at radius 3 is 2.43 bits per heavy atom. The fraction of sp³-hybridized carbons (Fsp3) is 0.167. The van der Waals surface area contributed by atoms with Crippen LogP contribution >= 0.6 is 0 Å². The molecule has 1 aliphatic heterocycles. The van der Waals surface area contributed by atoms with Crippen molar-refractivity contribution in [3.8, 4) is 16.9 Å². The molecule has 6 heteroatoms. The summed E-state index contributed by atoms with van der Waals surface area (Å²) in [6.07, 6.45) is 2.80. The molecule has 0 amide bonds. The number of halogens is 3. The van der Waals surface area contributed by atoms with Crippen LogP contribution in [0.5, 0.6) is 5.75 Å². The first-order valence-electron chi connectivity index (χ1n) is 9.60. The van der Waals surface area contributed by atoms with Gasteiger partial charge < -0.3 is 4.74 Å². The van der Waals surface area contributed by atoms with E-state index in [1.165, 1.54) is 12.1 Å². The van der Waals surface area contributed by atoms with Crippen LogP contribution in [-0.2, 0) is 0 Å². The van der Waals surface area contributed by atoms with Crippen LogP contribution in [0.3, 0.4) is 0 Å². The topological polar surface area (TPSA) is 34.5 Å². The highest BCUT2D eigenvalue weighted by Crippen LogP contribution is 2.29. The van der Waals surface area contributed by atoms with Crippen LogP contribution in [0.1, 0.15) is 24.0 Å². The number of rotatable bonds is 4. The number of allylic oxidation sites excluding steroid dienone is 1. The molecule has 152 valence electrons. The summed E-state index contributed by atoms with van der Waals surface area (Å²) in [4.78, 5) is 8.88. The van der Waals surface area contributed by atoms with Crippen molar-refractivity contribution in [1.82, 2.24) is 4.98 Å². The minimum absolute atomic E-state index is 0.234. The minimum atomic E-state index is -4.71. The van der Waals surface area contributed by atoms with Crippen molar-refractivity contribution in [1.29, 1.82) is 0 Å². The lowest BCUT2D eigenvalue weighted by atomic mass is 9.94. The van der Waals surface area contributed by atoms with Gasteiger partial charge in [-0.25, -0.2) is 0 Å². The molecule has 0 aliphatic carbocycles. The van der Waals surface area contributed by atoms with Crippen molar-refractivity contribution in [2.24, 2.45) is 4.99 Å². The summed E-state index contributed by atoms with van der Waals surface area (Å²) in [5.74, 6) is -0.234. The summed E-state index contributed by atoms with van der Waals surface area (Å²) in [7, 11) is 0. The van der Waals surface area contributed by atoms with Gasteiger partial charge in [-0.3, -0.25) is 9.98 Å². The van der Waals surface area contributed by atoms with Crippen molar-refractivity contribution < 1.29 is 17.9 Å². The van der Waals surface area contributed by atoms with Crippen molar-refractivity contribution in [2.45, 2.75) is 19.2 Å². The fourth-order valence-electron chi connectivity index (χ4n) is 3.48. The molecular weight excluding hydrogens is 389 g/mol. The Balaban J connectivity index is 1.65. The SMILES string of the molecule is FC(F)(F)Oc1cccc(-c2cccc(C=C3CCCN=C3c3cccnc3)c2)c1. The summed E-state index contributed by atoms with van der Waals surface area (Å²) < 4.78 is 41.6. The molecule has 0 N–H and O–H groups in total. The smallest absolute Gasteiger partial charge is 0.406 e. The van der Waals surface area contributed by atoms with Crippen molar-refractivity contribution in [3.05, 3.63) is 89.8 Å². The number of pyridine rings is 1. The Hall–Kier alpha value is -3.41. The largest absolute Gasteiger partial charge is 0.573 e. The van der Waals surface area contributed by atoms with Crippen LogP contribution in [-0.4, -0.2) is 23.6 Å². The molecule has 0 unspecified atom stereocenters. The Kier molecular flexibility index (Phi) is 5.65. The van der Waals surface area contributed by atoms with Gasteiger partial charge in [0, 0.05) is 24.5 Å². The standard InChI is InChI=1S/C24H19F3N2O/c25-24(26,27)30-22-10-2-7-19(15-22)18-6-1-5-17(13-18)14-20-8-4-12-29-23(20)21-9-3-11-28-16-21/h1-3,5-7,9-11,13-16H,4,8,12H2. The molecule has 0 atom stereocenters. The molecule has 0 radical (unpaired) electrons. The highest BCUT2D eigenvalue weighted by Gasteiger charge is 2.31. The van der Waals surface area contributed by atoms with Gasteiger partial charge in [0.2, 0.25) is 0 Å². The zero-order valence-electron chi connectivity index (χ0n) is 16.1. The third kappa shape index (κ3) is 4.95. The van der Waals surface area contributed by atoms with Crippen LogP contribution < -0.4 is 4.74 Å². The third-order valence-electron chi connectivity index (χ3n) is 4.74. The molecule has 3 nitrogen and oxygen atoms in total. The van der Waals surface area contributed by atoms with E-state index in [9.17, 15) is 13.2 Å². The minimum Gasteiger partial charge on any atom is -0.406 e. The molecule has 1 aliphatic rings. The number of benzene rings is 2. The van der Waals surface area contributed by atoms with E-state index in [1.807, 2.05) is 36.4 Å². The monoisotopic (exact) mass is 408 g/mol. The molecule has 0 saturated carbocycles. The van der Waals surface area contributed by atoms with Gasteiger partial charge in [-0.15, -0.1) is 13.2 Å². The molecule has 2 aromatic carbocycles. The van der Waals surface area contributed by atoms with Crippen LogP contribution in [0.15, 0.2) is 83.6 Å². The van der Waals surface area contributed by atoms with E-state index in [4.69, 9.17) is 0 Å². The van der Waals surface area contributed by atoms with Gasteiger partial charge in [0.1, 0.15) is 5.75 Å². The molecule has 0 spiro atoms. The second kappa shape index (κ2) is 8.53. The van der Waals surface area contributed by atoms with E-state index in [2.05, 4.69) is 20.8 Å². The van der Waals surface area contributed by atoms with Gasteiger partial charge in [-0.1, -0.05) is 30.3 Å². The number of aromatic nitrogens is 1. The molecule has 2 heterocycles. The molecule has 30 heavy (non-hydrogen) atoms.